The maximum Gasteiger partial charge on any atom is 0.136 e. The van der Waals surface area contributed by atoms with Crippen LogP contribution in [0.4, 0.5) is 0 Å². The summed E-state index contributed by atoms with van der Waals surface area (Å²) < 4.78 is 6.09. The minimum atomic E-state index is -0.162. The summed E-state index contributed by atoms with van der Waals surface area (Å²) in [6.45, 7) is 0.428. The van der Waals surface area contributed by atoms with Gasteiger partial charge in [-0.2, -0.15) is 0 Å². The van der Waals surface area contributed by atoms with Crippen molar-refractivity contribution >= 4 is 11.6 Å². The van der Waals surface area contributed by atoms with Gasteiger partial charge in [0.25, 0.3) is 0 Å². The summed E-state index contributed by atoms with van der Waals surface area (Å²) in [5, 5.41) is 0.708. The fourth-order valence-electron chi connectivity index (χ4n) is 2.91. The SMILES string of the molecule is NCC(Oc1ccc2c(c1)CCCC2)c1cccc(Cl)c1. The number of nitrogens with two attached hydrogens (primary N) is 1. The predicted octanol–water partition coefficient (Wildman–Crippen LogP) is 4.30. The highest BCUT2D eigenvalue weighted by molar-refractivity contribution is 6.30. The summed E-state index contributed by atoms with van der Waals surface area (Å²) in [4.78, 5) is 0. The van der Waals surface area contributed by atoms with E-state index in [1.165, 1.54) is 30.4 Å². The maximum atomic E-state index is 6.09. The average molecular weight is 302 g/mol. The molecule has 2 nitrogen and oxygen atoms in total. The second-order valence-corrected chi connectivity index (χ2v) is 5.97. The summed E-state index contributed by atoms with van der Waals surface area (Å²) in [6.07, 6.45) is 4.73. The molecule has 0 bridgehead atoms. The Morgan fingerprint density at radius 3 is 2.62 bits per heavy atom. The van der Waals surface area contributed by atoms with Crippen LogP contribution < -0.4 is 10.5 Å². The summed E-state index contributed by atoms with van der Waals surface area (Å²) in [6, 6.07) is 14.1. The topological polar surface area (TPSA) is 35.2 Å². The van der Waals surface area contributed by atoms with E-state index in [4.69, 9.17) is 22.1 Å². The van der Waals surface area contributed by atoms with Crippen LogP contribution in [-0.2, 0) is 12.8 Å². The smallest absolute Gasteiger partial charge is 0.136 e. The summed E-state index contributed by atoms with van der Waals surface area (Å²) in [5.74, 6) is 0.895. The van der Waals surface area contributed by atoms with Crippen molar-refractivity contribution in [3.8, 4) is 5.75 Å². The Kier molecular flexibility index (Phi) is 4.47. The molecule has 0 radical (unpaired) electrons. The molecule has 0 fully saturated rings. The number of ether oxygens (including phenoxy) is 1. The van der Waals surface area contributed by atoms with E-state index in [0.717, 1.165) is 17.7 Å². The first-order chi connectivity index (χ1) is 10.3. The molecular weight excluding hydrogens is 282 g/mol. The molecule has 3 rings (SSSR count). The normalized spacial score (nSPS) is 15.3. The Morgan fingerprint density at radius 2 is 1.86 bits per heavy atom. The molecule has 0 aromatic heterocycles. The molecule has 2 aromatic carbocycles. The van der Waals surface area contributed by atoms with Gasteiger partial charge in [-0.3, -0.25) is 0 Å². The molecule has 0 amide bonds. The van der Waals surface area contributed by atoms with Crippen molar-refractivity contribution in [3.05, 3.63) is 64.2 Å². The molecule has 2 N–H and O–H groups in total. The van der Waals surface area contributed by atoms with Crippen molar-refractivity contribution in [2.45, 2.75) is 31.8 Å². The second-order valence-electron chi connectivity index (χ2n) is 5.53. The van der Waals surface area contributed by atoms with Crippen LogP contribution in [0.1, 0.15) is 35.6 Å². The second kappa shape index (κ2) is 6.50. The fraction of sp³-hybridized carbons (Fsp3) is 0.333. The highest BCUT2D eigenvalue weighted by Crippen LogP contribution is 2.28. The Morgan fingerprint density at radius 1 is 1.05 bits per heavy atom. The van der Waals surface area contributed by atoms with Gasteiger partial charge in [0.1, 0.15) is 11.9 Å². The Balaban J connectivity index is 1.81. The lowest BCUT2D eigenvalue weighted by Crippen LogP contribution is -2.18. The van der Waals surface area contributed by atoms with Gasteiger partial charge in [0, 0.05) is 11.6 Å². The van der Waals surface area contributed by atoms with Gasteiger partial charge in [-0.05, 0) is 66.6 Å². The zero-order valence-electron chi connectivity index (χ0n) is 12.0. The van der Waals surface area contributed by atoms with Gasteiger partial charge in [-0.1, -0.05) is 29.8 Å². The molecule has 1 aliphatic rings. The van der Waals surface area contributed by atoms with E-state index in [-0.39, 0.29) is 6.10 Å². The van der Waals surface area contributed by atoms with E-state index >= 15 is 0 Å². The zero-order valence-corrected chi connectivity index (χ0v) is 12.8. The van der Waals surface area contributed by atoms with Gasteiger partial charge in [-0.25, -0.2) is 0 Å². The molecule has 0 aliphatic heterocycles. The van der Waals surface area contributed by atoms with E-state index in [0.29, 0.717) is 11.6 Å². The van der Waals surface area contributed by atoms with Gasteiger partial charge in [0.2, 0.25) is 0 Å². The third kappa shape index (κ3) is 3.39. The highest BCUT2D eigenvalue weighted by Gasteiger charge is 2.14. The van der Waals surface area contributed by atoms with Crippen LogP contribution in [0.25, 0.3) is 0 Å². The molecule has 1 atom stereocenters. The number of benzene rings is 2. The minimum absolute atomic E-state index is 0.162. The van der Waals surface area contributed by atoms with E-state index in [1.807, 2.05) is 24.3 Å². The third-order valence-electron chi connectivity index (χ3n) is 4.03. The molecule has 1 aliphatic carbocycles. The molecule has 0 saturated carbocycles. The van der Waals surface area contributed by atoms with Crippen molar-refractivity contribution in [2.24, 2.45) is 5.73 Å². The molecule has 3 heteroatoms. The van der Waals surface area contributed by atoms with Gasteiger partial charge >= 0.3 is 0 Å². The lowest BCUT2D eigenvalue weighted by atomic mass is 9.92. The first-order valence-electron chi connectivity index (χ1n) is 7.50. The molecule has 0 saturated heterocycles. The number of halogens is 1. The summed E-state index contributed by atoms with van der Waals surface area (Å²) in [7, 11) is 0. The zero-order chi connectivity index (χ0) is 14.7. The Labute approximate surface area is 130 Å². The third-order valence-corrected chi connectivity index (χ3v) is 4.27. The number of aryl methyl sites for hydroxylation is 2. The van der Waals surface area contributed by atoms with E-state index in [9.17, 15) is 0 Å². The van der Waals surface area contributed by atoms with Crippen LogP contribution in [-0.4, -0.2) is 6.54 Å². The van der Waals surface area contributed by atoms with Gasteiger partial charge < -0.3 is 10.5 Å². The minimum Gasteiger partial charge on any atom is -0.484 e. The molecule has 21 heavy (non-hydrogen) atoms. The molecule has 110 valence electrons. The summed E-state index contributed by atoms with van der Waals surface area (Å²) in [5.41, 5.74) is 9.77. The largest absolute Gasteiger partial charge is 0.484 e. The van der Waals surface area contributed by atoms with Crippen molar-refractivity contribution in [3.63, 3.8) is 0 Å². The van der Waals surface area contributed by atoms with Crippen molar-refractivity contribution in [1.82, 2.24) is 0 Å². The van der Waals surface area contributed by atoms with Crippen LogP contribution >= 0.6 is 11.6 Å². The number of hydrogen-bond acceptors (Lipinski definition) is 2. The molecule has 1 unspecified atom stereocenters. The molecule has 0 spiro atoms. The summed E-state index contributed by atoms with van der Waals surface area (Å²) >= 11 is 6.05. The lowest BCUT2D eigenvalue weighted by Gasteiger charge is -2.21. The number of rotatable bonds is 4. The number of hydrogen-bond donors (Lipinski definition) is 1. The van der Waals surface area contributed by atoms with E-state index in [1.54, 1.807) is 0 Å². The van der Waals surface area contributed by atoms with Crippen LogP contribution in [0, 0.1) is 0 Å². The van der Waals surface area contributed by atoms with Crippen LogP contribution in [0.2, 0.25) is 5.02 Å². The number of fused-ring (bicyclic) bond motifs is 1. The van der Waals surface area contributed by atoms with Crippen molar-refractivity contribution < 1.29 is 4.74 Å². The highest BCUT2D eigenvalue weighted by atomic mass is 35.5. The van der Waals surface area contributed by atoms with Gasteiger partial charge in [0.05, 0.1) is 0 Å². The van der Waals surface area contributed by atoms with Gasteiger partial charge in [-0.15, -0.1) is 0 Å². The Bertz CT molecular complexity index is 626. The van der Waals surface area contributed by atoms with Crippen LogP contribution in [0.15, 0.2) is 42.5 Å². The fourth-order valence-corrected chi connectivity index (χ4v) is 3.11. The Hall–Kier alpha value is -1.51. The van der Waals surface area contributed by atoms with E-state index in [2.05, 4.69) is 18.2 Å². The molecule has 0 heterocycles. The van der Waals surface area contributed by atoms with E-state index < -0.39 is 0 Å². The van der Waals surface area contributed by atoms with Crippen LogP contribution in [0.5, 0.6) is 5.75 Å². The molecule has 2 aromatic rings. The first-order valence-corrected chi connectivity index (χ1v) is 7.88. The monoisotopic (exact) mass is 301 g/mol. The quantitative estimate of drug-likeness (QED) is 0.914. The average Bonchev–Trinajstić information content (AvgIpc) is 2.52. The lowest BCUT2D eigenvalue weighted by molar-refractivity contribution is 0.214. The van der Waals surface area contributed by atoms with Crippen molar-refractivity contribution in [1.29, 1.82) is 0 Å². The standard InChI is InChI=1S/C18H20ClNO/c19-16-7-3-6-15(10-16)18(12-20)21-17-9-8-13-4-1-2-5-14(13)11-17/h3,6-11,18H,1-2,4-5,12,20H2. The predicted molar refractivity (Wildman–Crippen MR) is 87.0 cm³/mol. The molecular formula is C18H20ClNO. The maximum absolute atomic E-state index is 6.09. The van der Waals surface area contributed by atoms with Crippen molar-refractivity contribution in [2.75, 3.05) is 6.54 Å². The van der Waals surface area contributed by atoms with Crippen LogP contribution in [0.3, 0.4) is 0 Å². The first kappa shape index (κ1) is 14.4. The van der Waals surface area contributed by atoms with Gasteiger partial charge in [0.15, 0.2) is 0 Å².